The Morgan fingerprint density at radius 1 is 1.32 bits per heavy atom. The van der Waals surface area contributed by atoms with Gasteiger partial charge in [-0.1, -0.05) is 32.3 Å². The van der Waals surface area contributed by atoms with Crippen LogP contribution in [0.1, 0.15) is 20.8 Å². The van der Waals surface area contributed by atoms with Crippen LogP contribution in [-0.2, 0) is 14.3 Å². The van der Waals surface area contributed by atoms with Crippen molar-refractivity contribution in [2.45, 2.75) is 13.8 Å². The lowest BCUT2D eigenvalue weighted by molar-refractivity contribution is -0.137. The molecule has 0 unspecified atom stereocenters. The zero-order valence-corrected chi connectivity index (χ0v) is 14.5. The molecule has 0 spiro atoms. The summed E-state index contributed by atoms with van der Waals surface area (Å²) in [5, 5.41) is 2.47. The van der Waals surface area contributed by atoms with Gasteiger partial charge >= 0.3 is 12.1 Å². The molecule has 0 fully saturated rings. The zero-order chi connectivity index (χ0) is 18.5. The van der Waals surface area contributed by atoms with Gasteiger partial charge in [0.05, 0.1) is 13.2 Å². The molecule has 0 atom stereocenters. The van der Waals surface area contributed by atoms with Gasteiger partial charge in [0.1, 0.15) is 19.0 Å². The van der Waals surface area contributed by atoms with Gasteiger partial charge < -0.3 is 19.5 Å². The lowest BCUT2D eigenvalue weighted by atomic mass is 10.2. The molecule has 6 heteroatoms. The topological polar surface area (TPSA) is 73.9 Å². The van der Waals surface area contributed by atoms with E-state index in [2.05, 4.69) is 37.6 Å². The van der Waals surface area contributed by atoms with Crippen LogP contribution in [0.2, 0.25) is 0 Å². The molecule has 0 bridgehead atoms. The van der Waals surface area contributed by atoms with Crippen LogP contribution in [0.5, 0.6) is 5.75 Å². The fourth-order valence-corrected chi connectivity index (χ4v) is 1.60. The largest absolute Gasteiger partial charge is 0.461 e. The van der Waals surface area contributed by atoms with E-state index in [1.807, 2.05) is 0 Å². The highest BCUT2D eigenvalue weighted by atomic mass is 16.6. The third kappa shape index (κ3) is 9.84. The molecule has 0 saturated heterocycles. The first-order valence-electron chi connectivity index (χ1n) is 7.92. The van der Waals surface area contributed by atoms with E-state index in [4.69, 9.17) is 14.2 Å². The predicted molar refractivity (Wildman–Crippen MR) is 96.3 cm³/mol. The molecule has 1 rings (SSSR count). The van der Waals surface area contributed by atoms with Crippen LogP contribution in [0.15, 0.2) is 36.9 Å². The lowest BCUT2D eigenvalue weighted by Gasteiger charge is -2.06. The van der Waals surface area contributed by atoms with Gasteiger partial charge in [0, 0.05) is 13.1 Å². The third-order valence-electron chi connectivity index (χ3n) is 2.71. The summed E-state index contributed by atoms with van der Waals surface area (Å²) in [6.07, 6.45) is 0.426. The summed E-state index contributed by atoms with van der Waals surface area (Å²) >= 11 is 0. The number of hydrogen-bond acceptors (Lipinski definition) is 5. The Bertz CT molecular complexity index is 632. The Morgan fingerprint density at radius 2 is 2.04 bits per heavy atom. The van der Waals surface area contributed by atoms with Gasteiger partial charge in [-0.25, -0.2) is 9.59 Å². The summed E-state index contributed by atoms with van der Waals surface area (Å²) in [5.41, 5.74) is 0.803. The Morgan fingerprint density at radius 3 is 2.68 bits per heavy atom. The molecule has 0 saturated carbocycles. The quantitative estimate of drug-likeness (QED) is 0.339. The molecule has 0 aliphatic heterocycles. The molecule has 0 aliphatic rings. The summed E-state index contributed by atoms with van der Waals surface area (Å²) in [7, 11) is 0. The average molecular weight is 347 g/mol. The SMILES string of the molecule is C=CC(=O)OCCNC(=O)Oc1ccc(C#CCOCC(C)C)cc1.[HH]. The van der Waals surface area contributed by atoms with Crippen LogP contribution in [0.3, 0.4) is 0 Å². The molecule has 1 aromatic carbocycles. The average Bonchev–Trinajstić information content (AvgIpc) is 2.59. The summed E-state index contributed by atoms with van der Waals surface area (Å²) in [5.74, 6) is 6.23. The molecular weight excluding hydrogens is 322 g/mol. The number of ether oxygens (including phenoxy) is 3. The van der Waals surface area contributed by atoms with Crippen LogP contribution in [0.25, 0.3) is 0 Å². The van der Waals surface area contributed by atoms with Crippen LogP contribution >= 0.6 is 0 Å². The lowest BCUT2D eigenvalue weighted by Crippen LogP contribution is -2.30. The number of hydrogen-bond donors (Lipinski definition) is 1. The van der Waals surface area contributed by atoms with E-state index in [0.717, 1.165) is 11.6 Å². The molecule has 136 valence electrons. The van der Waals surface area contributed by atoms with E-state index in [9.17, 15) is 9.59 Å². The maximum atomic E-state index is 11.6. The van der Waals surface area contributed by atoms with E-state index >= 15 is 0 Å². The van der Waals surface area contributed by atoms with Crippen molar-refractivity contribution in [3.05, 3.63) is 42.5 Å². The second kappa shape index (κ2) is 11.7. The molecule has 0 heterocycles. The fourth-order valence-electron chi connectivity index (χ4n) is 1.60. The molecule has 1 aromatic rings. The first kappa shape index (κ1) is 20.3. The summed E-state index contributed by atoms with van der Waals surface area (Å²) < 4.78 is 15.2. The van der Waals surface area contributed by atoms with Crippen LogP contribution < -0.4 is 10.1 Å². The molecule has 0 aliphatic carbocycles. The number of esters is 1. The van der Waals surface area contributed by atoms with E-state index in [1.165, 1.54) is 0 Å². The second-order valence-corrected chi connectivity index (χ2v) is 5.42. The van der Waals surface area contributed by atoms with Crippen molar-refractivity contribution in [2.24, 2.45) is 5.92 Å². The Labute approximate surface area is 149 Å². The highest BCUT2D eigenvalue weighted by Gasteiger charge is 2.04. The first-order valence-corrected chi connectivity index (χ1v) is 7.92. The number of benzene rings is 1. The third-order valence-corrected chi connectivity index (χ3v) is 2.71. The van der Waals surface area contributed by atoms with E-state index in [0.29, 0.717) is 24.9 Å². The first-order chi connectivity index (χ1) is 12.0. The molecular formula is C19H25NO5. The molecule has 1 N–H and O–H groups in total. The second-order valence-electron chi connectivity index (χ2n) is 5.42. The van der Waals surface area contributed by atoms with Gasteiger partial charge in [-0.15, -0.1) is 0 Å². The maximum Gasteiger partial charge on any atom is 0.412 e. The Kier molecular flexibility index (Phi) is 9.49. The molecule has 1 amide bonds. The Hall–Kier alpha value is -2.78. The minimum absolute atomic E-state index is 0. The number of carbonyl (C=O) groups excluding carboxylic acids is 2. The van der Waals surface area contributed by atoms with E-state index < -0.39 is 12.1 Å². The van der Waals surface area contributed by atoms with Gasteiger partial charge in [-0.05, 0) is 30.2 Å². The molecule has 0 radical (unpaired) electrons. The summed E-state index contributed by atoms with van der Waals surface area (Å²) in [4.78, 5) is 22.4. The number of amides is 1. The highest BCUT2D eigenvalue weighted by Crippen LogP contribution is 2.11. The monoisotopic (exact) mass is 347 g/mol. The summed E-state index contributed by atoms with van der Waals surface area (Å²) in [6.45, 7) is 8.70. The standard InChI is InChI=1S/C19H23NO5.H2/c1-4-18(21)24-13-11-20-19(22)25-17-9-7-16(8-10-17)6-5-12-23-14-15(2)3;/h4,7-10,15H,1,11-14H2,2-3H3,(H,20,22);1H. The van der Waals surface area contributed by atoms with Crippen LogP contribution in [0, 0.1) is 17.8 Å². The number of rotatable bonds is 8. The molecule has 6 nitrogen and oxygen atoms in total. The van der Waals surface area contributed by atoms with Gasteiger partial charge in [0.15, 0.2) is 0 Å². The fraction of sp³-hybridized carbons (Fsp3) is 0.368. The minimum atomic E-state index is -0.629. The van der Waals surface area contributed by atoms with Crippen molar-refractivity contribution >= 4 is 12.1 Å². The number of carbonyl (C=O) groups is 2. The van der Waals surface area contributed by atoms with Gasteiger partial charge in [-0.2, -0.15) is 0 Å². The minimum Gasteiger partial charge on any atom is -0.461 e. The maximum absolute atomic E-state index is 11.6. The smallest absolute Gasteiger partial charge is 0.412 e. The van der Waals surface area contributed by atoms with E-state index in [-0.39, 0.29) is 14.6 Å². The number of nitrogens with one attached hydrogen (secondary N) is 1. The highest BCUT2D eigenvalue weighted by molar-refractivity contribution is 5.81. The predicted octanol–water partition coefficient (Wildman–Crippen LogP) is 2.77. The van der Waals surface area contributed by atoms with E-state index in [1.54, 1.807) is 24.3 Å². The van der Waals surface area contributed by atoms with Crippen molar-refractivity contribution in [1.82, 2.24) is 5.32 Å². The van der Waals surface area contributed by atoms with Crippen molar-refractivity contribution in [3.8, 4) is 17.6 Å². The van der Waals surface area contributed by atoms with Crippen molar-refractivity contribution < 1.29 is 25.2 Å². The zero-order valence-electron chi connectivity index (χ0n) is 14.5. The molecule has 25 heavy (non-hydrogen) atoms. The normalized spacial score (nSPS) is 9.72. The van der Waals surface area contributed by atoms with Crippen LogP contribution in [-0.4, -0.2) is 38.4 Å². The van der Waals surface area contributed by atoms with Crippen LogP contribution in [0.4, 0.5) is 4.79 Å². The van der Waals surface area contributed by atoms with Gasteiger partial charge in [0.2, 0.25) is 0 Å². The van der Waals surface area contributed by atoms with Crippen molar-refractivity contribution in [1.29, 1.82) is 0 Å². The molecule has 0 aromatic heterocycles. The Balaban J connectivity index is 0.00000625. The van der Waals surface area contributed by atoms with Gasteiger partial charge in [0.25, 0.3) is 0 Å². The van der Waals surface area contributed by atoms with Crippen molar-refractivity contribution in [2.75, 3.05) is 26.4 Å². The van der Waals surface area contributed by atoms with Crippen molar-refractivity contribution in [3.63, 3.8) is 0 Å². The van der Waals surface area contributed by atoms with Gasteiger partial charge in [-0.3, -0.25) is 0 Å². The summed E-state index contributed by atoms with van der Waals surface area (Å²) in [6, 6.07) is 6.81.